The molecule has 0 saturated carbocycles. The molecule has 1 rings (SSSR count). The van der Waals surface area contributed by atoms with Crippen molar-refractivity contribution in [1.82, 2.24) is 4.90 Å². The van der Waals surface area contributed by atoms with Crippen molar-refractivity contribution in [2.45, 2.75) is 6.92 Å². The monoisotopic (exact) mass is 116 g/mol. The predicted molar refractivity (Wildman–Crippen MR) is 26.6 cm³/mol. The molecule has 1 fully saturated rings. The highest BCUT2D eigenvalue weighted by atomic mass is 19.1. The lowest BCUT2D eigenvalue weighted by molar-refractivity contribution is -0.132. The number of hydrogen-bond acceptors (Lipinski definition) is 1. The minimum atomic E-state index is -0.0970. The van der Waals surface area contributed by atoms with E-state index in [0.29, 0.717) is 0 Å². The maximum atomic E-state index is 11.9. The summed E-state index contributed by atoms with van der Waals surface area (Å²) in [5.41, 5.74) is 0. The van der Waals surface area contributed by atoms with Crippen molar-refractivity contribution in [3.63, 3.8) is 0 Å². The first kappa shape index (κ1) is 5.54. The molecule has 0 spiro atoms. The molecule has 8 heavy (non-hydrogen) atoms. The van der Waals surface area contributed by atoms with Crippen molar-refractivity contribution in [3.8, 4) is 0 Å². The van der Waals surface area contributed by atoms with Crippen LogP contribution in [0, 0.1) is 6.17 Å². The molecule has 3 heteroatoms. The highest BCUT2D eigenvalue weighted by molar-refractivity contribution is 5.74. The lowest BCUT2D eigenvalue weighted by Crippen LogP contribution is -2.45. The van der Waals surface area contributed by atoms with E-state index >= 15 is 0 Å². The molecule has 0 aromatic heterocycles. The summed E-state index contributed by atoms with van der Waals surface area (Å²) in [5, 5.41) is 0. The first-order valence-electron chi connectivity index (χ1n) is 2.46. The van der Waals surface area contributed by atoms with Crippen molar-refractivity contribution in [3.05, 3.63) is 6.17 Å². The number of hydrogen-bond donors (Lipinski definition) is 0. The van der Waals surface area contributed by atoms with Gasteiger partial charge >= 0.3 is 0 Å². The van der Waals surface area contributed by atoms with Crippen LogP contribution in [0.1, 0.15) is 6.92 Å². The van der Waals surface area contributed by atoms with E-state index in [0.717, 1.165) is 0 Å². The van der Waals surface area contributed by atoms with Gasteiger partial charge in [-0.3, -0.25) is 4.79 Å². The zero-order valence-corrected chi connectivity index (χ0v) is 4.65. The molecule has 1 radical (unpaired) electrons. The van der Waals surface area contributed by atoms with Gasteiger partial charge in [0, 0.05) is 6.92 Å². The first-order valence-corrected chi connectivity index (χ1v) is 2.46. The van der Waals surface area contributed by atoms with Crippen LogP contribution >= 0.6 is 0 Å². The third kappa shape index (κ3) is 0.804. The van der Waals surface area contributed by atoms with Gasteiger partial charge in [0.05, 0.1) is 13.1 Å². The van der Waals surface area contributed by atoms with Crippen LogP contribution < -0.4 is 0 Å². The van der Waals surface area contributed by atoms with Crippen LogP contribution in [0.3, 0.4) is 0 Å². The summed E-state index contributed by atoms with van der Waals surface area (Å²) >= 11 is 0. The largest absolute Gasteiger partial charge is 0.336 e. The summed E-state index contributed by atoms with van der Waals surface area (Å²) in [7, 11) is 0. The second kappa shape index (κ2) is 1.73. The van der Waals surface area contributed by atoms with Gasteiger partial charge in [-0.15, -0.1) is 0 Å². The molecule has 1 aliphatic heterocycles. The molecule has 1 amide bonds. The third-order valence-corrected chi connectivity index (χ3v) is 1.17. The molecule has 45 valence electrons. The summed E-state index contributed by atoms with van der Waals surface area (Å²) in [5.74, 6) is -0.0496. The Morgan fingerprint density at radius 2 is 2.25 bits per heavy atom. The average Bonchev–Trinajstić information content (AvgIpc) is 1.57. The van der Waals surface area contributed by atoms with Crippen LogP contribution in [0.15, 0.2) is 0 Å². The van der Waals surface area contributed by atoms with E-state index in [-0.39, 0.29) is 25.2 Å². The molecule has 1 aliphatic rings. The van der Waals surface area contributed by atoms with Crippen LogP contribution in [-0.4, -0.2) is 23.9 Å². The van der Waals surface area contributed by atoms with Gasteiger partial charge in [0.2, 0.25) is 5.91 Å². The number of carbonyl (C=O) groups excluding carboxylic acids is 1. The molecule has 1 heterocycles. The van der Waals surface area contributed by atoms with Gasteiger partial charge in [0.1, 0.15) is 0 Å². The zero-order valence-electron chi connectivity index (χ0n) is 4.65. The van der Waals surface area contributed by atoms with E-state index in [9.17, 15) is 9.18 Å². The highest BCUT2D eigenvalue weighted by Gasteiger charge is 2.28. The Morgan fingerprint density at radius 1 is 1.75 bits per heavy atom. The fraction of sp³-hybridized carbons (Fsp3) is 0.600. The molecule has 0 atom stereocenters. The number of rotatable bonds is 0. The number of halogens is 1. The van der Waals surface area contributed by atoms with Crippen molar-refractivity contribution in [2.75, 3.05) is 13.1 Å². The molecule has 0 aromatic rings. The summed E-state index contributed by atoms with van der Waals surface area (Å²) in [6.07, 6.45) is -0.0970. The van der Waals surface area contributed by atoms with E-state index in [1.807, 2.05) is 0 Å². The van der Waals surface area contributed by atoms with Gasteiger partial charge in [0.15, 0.2) is 6.17 Å². The first-order chi connectivity index (χ1) is 3.70. The Kier molecular flexibility index (Phi) is 1.19. The maximum Gasteiger partial charge on any atom is 0.219 e. The SMILES string of the molecule is CC(=O)N1C[C](F)C1. The quantitative estimate of drug-likeness (QED) is 0.447. The van der Waals surface area contributed by atoms with E-state index in [1.54, 1.807) is 0 Å². The van der Waals surface area contributed by atoms with Crippen LogP contribution in [0.25, 0.3) is 0 Å². The van der Waals surface area contributed by atoms with E-state index in [1.165, 1.54) is 11.8 Å². The topological polar surface area (TPSA) is 20.3 Å². The Labute approximate surface area is 47.3 Å². The van der Waals surface area contributed by atoms with Crippen molar-refractivity contribution in [1.29, 1.82) is 0 Å². The predicted octanol–water partition coefficient (Wildman–Crippen LogP) is 0.350. The lowest BCUT2D eigenvalue weighted by Gasteiger charge is -2.32. The van der Waals surface area contributed by atoms with E-state index < -0.39 is 0 Å². The Morgan fingerprint density at radius 3 is 2.38 bits per heavy atom. The molecule has 0 aromatic carbocycles. The number of amides is 1. The fourth-order valence-corrected chi connectivity index (χ4v) is 0.591. The second-order valence-electron chi connectivity index (χ2n) is 1.89. The number of nitrogens with zero attached hydrogens (tertiary/aromatic N) is 1. The Hall–Kier alpha value is -0.600. The molecule has 0 bridgehead atoms. The van der Waals surface area contributed by atoms with Gasteiger partial charge in [-0.2, -0.15) is 0 Å². The molecular weight excluding hydrogens is 109 g/mol. The maximum absolute atomic E-state index is 11.9. The smallest absolute Gasteiger partial charge is 0.219 e. The van der Waals surface area contributed by atoms with Gasteiger partial charge < -0.3 is 4.90 Å². The summed E-state index contributed by atoms with van der Waals surface area (Å²) in [4.78, 5) is 11.8. The molecule has 0 unspecified atom stereocenters. The second-order valence-corrected chi connectivity index (χ2v) is 1.89. The average molecular weight is 116 g/mol. The van der Waals surface area contributed by atoms with Crippen LogP contribution in [0.5, 0.6) is 0 Å². The molecular formula is C5H7FNO. The summed E-state index contributed by atoms with van der Waals surface area (Å²) < 4.78 is 11.9. The normalized spacial score (nSPS) is 20.5. The number of carbonyl (C=O) groups is 1. The molecule has 2 nitrogen and oxygen atoms in total. The summed E-state index contributed by atoms with van der Waals surface area (Å²) in [6, 6.07) is 0. The minimum absolute atomic E-state index is 0.0496. The number of likely N-dealkylation sites (tertiary alicyclic amines) is 1. The van der Waals surface area contributed by atoms with Crippen LogP contribution in [-0.2, 0) is 4.79 Å². The lowest BCUT2D eigenvalue weighted by atomic mass is 10.2. The summed E-state index contributed by atoms with van der Waals surface area (Å²) in [6.45, 7) is 1.87. The van der Waals surface area contributed by atoms with Gasteiger partial charge in [-0.1, -0.05) is 0 Å². The fourth-order valence-electron chi connectivity index (χ4n) is 0.591. The van der Waals surface area contributed by atoms with Crippen LogP contribution in [0.4, 0.5) is 4.39 Å². The van der Waals surface area contributed by atoms with E-state index in [2.05, 4.69) is 0 Å². The minimum Gasteiger partial charge on any atom is -0.336 e. The van der Waals surface area contributed by atoms with Gasteiger partial charge in [-0.05, 0) is 0 Å². The molecule has 1 saturated heterocycles. The standard InChI is InChI=1S/C5H7FNO/c1-4(8)7-2-5(6)3-7/h2-3H2,1H3. The third-order valence-electron chi connectivity index (χ3n) is 1.17. The molecule has 0 aliphatic carbocycles. The van der Waals surface area contributed by atoms with E-state index in [4.69, 9.17) is 0 Å². The highest BCUT2D eigenvalue weighted by Crippen LogP contribution is 2.17. The zero-order chi connectivity index (χ0) is 6.15. The van der Waals surface area contributed by atoms with Crippen molar-refractivity contribution in [2.24, 2.45) is 0 Å². The van der Waals surface area contributed by atoms with Gasteiger partial charge in [0.25, 0.3) is 0 Å². The van der Waals surface area contributed by atoms with Crippen molar-refractivity contribution < 1.29 is 9.18 Å². The molecule has 0 N–H and O–H groups in total. The van der Waals surface area contributed by atoms with Gasteiger partial charge in [-0.25, -0.2) is 4.39 Å². The Bertz CT molecular complexity index is 109. The Balaban J connectivity index is 2.25. The van der Waals surface area contributed by atoms with Crippen LogP contribution in [0.2, 0.25) is 0 Å². The van der Waals surface area contributed by atoms with Crippen molar-refractivity contribution >= 4 is 5.91 Å².